The number of anilines is 1. The van der Waals surface area contributed by atoms with Gasteiger partial charge in [-0.05, 0) is 24.5 Å². The van der Waals surface area contributed by atoms with Crippen LogP contribution in [0.3, 0.4) is 0 Å². The van der Waals surface area contributed by atoms with Crippen LogP contribution >= 0.6 is 0 Å². The van der Waals surface area contributed by atoms with Crippen molar-refractivity contribution < 1.29 is 18.3 Å². The highest BCUT2D eigenvalue weighted by Gasteiger charge is 2.47. The monoisotopic (exact) mass is 310 g/mol. The number of para-hydroxylation sites is 1. The zero-order valence-electron chi connectivity index (χ0n) is 11.8. The molecule has 114 valence electrons. The molecule has 0 aliphatic carbocycles. The third-order valence-electron chi connectivity index (χ3n) is 4.58. The second-order valence-electron chi connectivity index (χ2n) is 5.84. The molecule has 1 saturated heterocycles. The maximum absolute atomic E-state index is 12.0. The topological polar surface area (TPSA) is 77.9 Å². The predicted molar refractivity (Wildman–Crippen MR) is 79.1 cm³/mol. The van der Waals surface area contributed by atoms with Gasteiger partial charge < -0.3 is 10.0 Å². The second-order valence-corrected chi connectivity index (χ2v) is 7.74. The number of amides is 1. The van der Waals surface area contributed by atoms with Crippen LogP contribution in [0.2, 0.25) is 0 Å². The third-order valence-corrected chi connectivity index (χ3v) is 5.71. The van der Waals surface area contributed by atoms with Crippen molar-refractivity contribution in [3.8, 4) is 0 Å². The van der Waals surface area contributed by atoms with Crippen molar-refractivity contribution in [1.82, 2.24) is 4.90 Å². The summed E-state index contributed by atoms with van der Waals surface area (Å²) in [7, 11) is -3.32. The van der Waals surface area contributed by atoms with E-state index in [2.05, 4.69) is 0 Å². The van der Waals surface area contributed by atoms with Gasteiger partial charge in [0.2, 0.25) is 10.0 Å². The van der Waals surface area contributed by atoms with E-state index in [1.165, 1.54) is 15.5 Å². The number of likely N-dealkylation sites (tertiary alicyclic amines) is 1. The number of nitrogens with zero attached hydrogens (tertiary/aromatic N) is 2. The highest BCUT2D eigenvalue weighted by atomic mass is 32.2. The maximum atomic E-state index is 12.0. The van der Waals surface area contributed by atoms with Crippen LogP contribution in [0.25, 0.3) is 0 Å². The first-order valence-electron chi connectivity index (χ1n) is 6.89. The van der Waals surface area contributed by atoms with Gasteiger partial charge in [-0.1, -0.05) is 18.2 Å². The molecule has 1 N–H and O–H groups in total. The quantitative estimate of drug-likeness (QED) is 0.852. The molecule has 2 aliphatic heterocycles. The zero-order valence-corrected chi connectivity index (χ0v) is 12.6. The van der Waals surface area contributed by atoms with Crippen LogP contribution in [0, 0.1) is 0 Å². The van der Waals surface area contributed by atoms with Crippen molar-refractivity contribution in [2.24, 2.45) is 0 Å². The number of carboxylic acid groups (broad SMARTS) is 1. The summed E-state index contributed by atoms with van der Waals surface area (Å²) in [5, 5.41) is 9.07. The SMILES string of the molecule is CS(=O)(=O)N1CC2(CCN(C(=O)O)CC2)c2ccccc21. The van der Waals surface area contributed by atoms with Gasteiger partial charge in [0, 0.05) is 25.0 Å². The van der Waals surface area contributed by atoms with Crippen LogP contribution in [0.1, 0.15) is 18.4 Å². The Bertz CT molecular complexity index is 678. The van der Waals surface area contributed by atoms with Gasteiger partial charge in [0.15, 0.2) is 0 Å². The summed E-state index contributed by atoms with van der Waals surface area (Å²) >= 11 is 0. The Labute approximate surface area is 124 Å². The van der Waals surface area contributed by atoms with Crippen molar-refractivity contribution in [3.63, 3.8) is 0 Å². The lowest BCUT2D eigenvalue weighted by molar-refractivity contribution is 0.119. The van der Waals surface area contributed by atoms with Crippen LogP contribution in [0.5, 0.6) is 0 Å². The molecule has 1 aromatic carbocycles. The Balaban J connectivity index is 1.98. The molecule has 0 aromatic heterocycles. The first-order valence-corrected chi connectivity index (χ1v) is 8.73. The fraction of sp³-hybridized carbons (Fsp3) is 0.500. The van der Waals surface area contributed by atoms with Gasteiger partial charge in [-0.15, -0.1) is 0 Å². The van der Waals surface area contributed by atoms with Crippen molar-refractivity contribution in [2.45, 2.75) is 18.3 Å². The summed E-state index contributed by atoms with van der Waals surface area (Å²) in [5.74, 6) is 0. The molecule has 0 atom stereocenters. The van der Waals surface area contributed by atoms with E-state index in [0.717, 1.165) is 11.3 Å². The third kappa shape index (κ3) is 2.25. The molecule has 2 aliphatic rings. The van der Waals surface area contributed by atoms with E-state index in [1.54, 1.807) is 0 Å². The van der Waals surface area contributed by atoms with Gasteiger partial charge in [-0.3, -0.25) is 4.31 Å². The summed E-state index contributed by atoms with van der Waals surface area (Å²) in [4.78, 5) is 12.4. The molecule has 7 heteroatoms. The van der Waals surface area contributed by atoms with Crippen LogP contribution in [0.15, 0.2) is 24.3 Å². The van der Waals surface area contributed by atoms with Gasteiger partial charge in [-0.25, -0.2) is 13.2 Å². The van der Waals surface area contributed by atoms with Crippen LogP contribution in [-0.2, 0) is 15.4 Å². The highest BCUT2D eigenvalue weighted by molar-refractivity contribution is 7.92. The maximum Gasteiger partial charge on any atom is 0.407 e. The number of fused-ring (bicyclic) bond motifs is 2. The van der Waals surface area contributed by atoms with E-state index in [-0.39, 0.29) is 5.41 Å². The Morgan fingerprint density at radius 3 is 2.43 bits per heavy atom. The standard InChI is InChI=1S/C14H18N2O4S/c1-21(19,20)16-10-14(11-4-2-3-5-12(11)16)6-8-15(9-7-14)13(17)18/h2-5H,6-10H2,1H3,(H,17,18). The molecule has 1 aromatic rings. The van der Waals surface area contributed by atoms with E-state index in [1.807, 2.05) is 24.3 Å². The molecule has 6 nitrogen and oxygen atoms in total. The molecule has 0 unspecified atom stereocenters. The molecule has 2 heterocycles. The summed E-state index contributed by atoms with van der Waals surface area (Å²) in [5.41, 5.74) is 1.51. The molecular weight excluding hydrogens is 292 g/mol. The molecular formula is C14H18N2O4S. The number of hydrogen-bond acceptors (Lipinski definition) is 3. The van der Waals surface area contributed by atoms with Gasteiger partial charge in [-0.2, -0.15) is 0 Å². The van der Waals surface area contributed by atoms with Crippen LogP contribution < -0.4 is 4.31 Å². The summed E-state index contributed by atoms with van der Waals surface area (Å²) in [6.07, 6.45) is 1.62. The van der Waals surface area contributed by atoms with Gasteiger partial charge in [0.05, 0.1) is 11.9 Å². The van der Waals surface area contributed by atoms with Crippen molar-refractivity contribution in [1.29, 1.82) is 0 Å². The molecule has 21 heavy (non-hydrogen) atoms. The van der Waals surface area contributed by atoms with Crippen LogP contribution in [-0.4, -0.2) is 50.4 Å². The lowest BCUT2D eigenvalue weighted by Gasteiger charge is -2.38. The van der Waals surface area contributed by atoms with E-state index >= 15 is 0 Å². The van der Waals surface area contributed by atoms with Gasteiger partial charge in [0.25, 0.3) is 0 Å². The number of hydrogen-bond donors (Lipinski definition) is 1. The number of benzene rings is 1. The largest absolute Gasteiger partial charge is 0.465 e. The lowest BCUT2D eigenvalue weighted by atomic mass is 9.74. The Kier molecular flexibility index (Phi) is 3.12. The average molecular weight is 310 g/mol. The molecule has 0 saturated carbocycles. The lowest BCUT2D eigenvalue weighted by Crippen LogP contribution is -2.47. The van der Waals surface area contributed by atoms with E-state index in [4.69, 9.17) is 5.11 Å². The van der Waals surface area contributed by atoms with E-state index in [0.29, 0.717) is 32.5 Å². The first kappa shape index (κ1) is 14.2. The van der Waals surface area contributed by atoms with Gasteiger partial charge in [0.1, 0.15) is 0 Å². The number of carbonyl (C=O) groups is 1. The highest BCUT2D eigenvalue weighted by Crippen LogP contribution is 2.47. The van der Waals surface area contributed by atoms with E-state index < -0.39 is 16.1 Å². The molecule has 0 bridgehead atoms. The molecule has 0 radical (unpaired) electrons. The van der Waals surface area contributed by atoms with Crippen LogP contribution in [0.4, 0.5) is 10.5 Å². The molecule has 1 amide bonds. The minimum Gasteiger partial charge on any atom is -0.465 e. The van der Waals surface area contributed by atoms with Crippen molar-refractivity contribution >= 4 is 21.8 Å². The number of sulfonamides is 1. The molecule has 1 fully saturated rings. The van der Waals surface area contributed by atoms with Crippen molar-refractivity contribution in [2.75, 3.05) is 30.2 Å². The number of rotatable bonds is 1. The zero-order chi connectivity index (χ0) is 15.3. The normalized spacial score (nSPS) is 20.6. The fourth-order valence-corrected chi connectivity index (χ4v) is 4.43. The molecule has 1 spiro atoms. The van der Waals surface area contributed by atoms with E-state index in [9.17, 15) is 13.2 Å². The Morgan fingerprint density at radius 1 is 1.24 bits per heavy atom. The second kappa shape index (κ2) is 4.62. The minimum absolute atomic E-state index is 0.258. The average Bonchev–Trinajstić information content (AvgIpc) is 2.75. The smallest absolute Gasteiger partial charge is 0.407 e. The fourth-order valence-electron chi connectivity index (χ4n) is 3.43. The summed E-state index contributed by atoms with van der Waals surface area (Å²) < 4.78 is 25.5. The Hall–Kier alpha value is -1.76. The summed E-state index contributed by atoms with van der Waals surface area (Å²) in [6, 6.07) is 7.55. The number of piperidine rings is 1. The minimum atomic E-state index is -3.32. The van der Waals surface area contributed by atoms with Gasteiger partial charge >= 0.3 is 6.09 Å². The summed E-state index contributed by atoms with van der Waals surface area (Å²) in [6.45, 7) is 1.31. The first-order chi connectivity index (χ1) is 9.83. The Morgan fingerprint density at radius 2 is 1.86 bits per heavy atom. The van der Waals surface area contributed by atoms with Crippen molar-refractivity contribution in [3.05, 3.63) is 29.8 Å². The predicted octanol–water partition coefficient (Wildman–Crippen LogP) is 1.48. The molecule has 3 rings (SSSR count).